The van der Waals surface area contributed by atoms with E-state index in [4.69, 9.17) is 14.6 Å². The Morgan fingerprint density at radius 2 is 1.66 bits per heavy atom. The highest BCUT2D eigenvalue weighted by Crippen LogP contribution is 2.44. The van der Waals surface area contributed by atoms with Crippen LogP contribution in [0.2, 0.25) is 0 Å². The van der Waals surface area contributed by atoms with Crippen LogP contribution in [-0.2, 0) is 19.1 Å². The molecular weight excluding hydrogens is 448 g/mol. The first-order valence-electron chi connectivity index (χ1n) is 12.0. The first-order chi connectivity index (χ1) is 16.8. The van der Waals surface area contributed by atoms with Crippen LogP contribution in [0.3, 0.4) is 0 Å². The number of fused-ring (bicyclic) bond motifs is 3. The number of carboxylic acid groups (broad SMARTS) is 1. The van der Waals surface area contributed by atoms with Crippen LogP contribution in [0.5, 0.6) is 0 Å². The standard InChI is InChI=1S/C27H32N2O6/c1-27(2,25(32)29-14-18-13-17(15-34-18)24(30)31)11-12-28-26(33)35-16-23-21-9-5-3-7-19(21)20-8-4-6-10-22(20)23/h3-10,17-18,23H,11-16H2,1-2H3,(H,28,33)(H,29,32)(H,30,31)/t17-,18-/m0/s1. The van der Waals surface area contributed by atoms with Gasteiger partial charge in [0, 0.05) is 24.4 Å². The summed E-state index contributed by atoms with van der Waals surface area (Å²) in [6.07, 6.45) is 0.00281. The molecule has 1 aliphatic carbocycles. The fourth-order valence-corrected chi connectivity index (χ4v) is 4.71. The third-order valence-electron chi connectivity index (χ3n) is 6.90. The van der Waals surface area contributed by atoms with Crippen molar-refractivity contribution in [1.29, 1.82) is 0 Å². The second kappa shape index (κ2) is 10.5. The maximum atomic E-state index is 12.6. The van der Waals surface area contributed by atoms with Crippen molar-refractivity contribution in [2.45, 2.75) is 38.7 Å². The van der Waals surface area contributed by atoms with Crippen LogP contribution in [0.1, 0.15) is 43.7 Å². The lowest BCUT2D eigenvalue weighted by atomic mass is 9.88. The molecule has 0 radical (unpaired) electrons. The van der Waals surface area contributed by atoms with E-state index < -0.39 is 23.4 Å². The number of carbonyl (C=O) groups excluding carboxylic acids is 2. The van der Waals surface area contributed by atoms with Gasteiger partial charge >= 0.3 is 12.1 Å². The van der Waals surface area contributed by atoms with Crippen LogP contribution < -0.4 is 10.6 Å². The lowest BCUT2D eigenvalue weighted by Gasteiger charge is -2.24. The predicted octanol–water partition coefficient (Wildman–Crippen LogP) is 3.55. The maximum absolute atomic E-state index is 12.6. The van der Waals surface area contributed by atoms with Gasteiger partial charge in [-0.05, 0) is 35.1 Å². The van der Waals surface area contributed by atoms with E-state index in [9.17, 15) is 14.4 Å². The first kappa shape index (κ1) is 24.7. The van der Waals surface area contributed by atoms with Gasteiger partial charge < -0.3 is 25.2 Å². The van der Waals surface area contributed by atoms with E-state index in [1.54, 1.807) is 13.8 Å². The second-order valence-electron chi connectivity index (χ2n) is 9.82. The van der Waals surface area contributed by atoms with E-state index in [2.05, 4.69) is 34.9 Å². The predicted molar refractivity (Wildman–Crippen MR) is 130 cm³/mol. The smallest absolute Gasteiger partial charge is 0.407 e. The molecule has 3 N–H and O–H groups in total. The molecular formula is C27H32N2O6. The zero-order valence-electron chi connectivity index (χ0n) is 20.1. The van der Waals surface area contributed by atoms with E-state index in [1.807, 2.05) is 24.3 Å². The Labute approximate surface area is 205 Å². The summed E-state index contributed by atoms with van der Waals surface area (Å²) in [7, 11) is 0. The number of benzene rings is 2. The van der Waals surface area contributed by atoms with E-state index in [0.717, 1.165) is 11.1 Å². The zero-order chi connectivity index (χ0) is 25.0. The molecule has 1 aliphatic heterocycles. The largest absolute Gasteiger partial charge is 0.481 e. The van der Waals surface area contributed by atoms with Gasteiger partial charge in [-0.25, -0.2) is 4.79 Å². The summed E-state index contributed by atoms with van der Waals surface area (Å²) in [5.74, 6) is -1.58. The quantitative estimate of drug-likeness (QED) is 0.506. The summed E-state index contributed by atoms with van der Waals surface area (Å²) in [5.41, 5.74) is 3.93. The van der Waals surface area contributed by atoms with Crippen molar-refractivity contribution < 1.29 is 29.0 Å². The molecule has 2 aromatic carbocycles. The van der Waals surface area contributed by atoms with Crippen molar-refractivity contribution in [3.8, 4) is 11.1 Å². The molecule has 2 amide bonds. The minimum atomic E-state index is -0.876. The zero-order valence-corrected chi connectivity index (χ0v) is 20.1. The molecule has 0 bridgehead atoms. The average Bonchev–Trinajstić information content (AvgIpc) is 3.44. The van der Waals surface area contributed by atoms with Crippen LogP contribution >= 0.6 is 0 Å². The normalized spacial score (nSPS) is 19.0. The number of hydrogen-bond acceptors (Lipinski definition) is 5. The molecule has 186 valence electrons. The summed E-state index contributed by atoms with van der Waals surface area (Å²) >= 11 is 0. The number of carbonyl (C=O) groups is 3. The molecule has 0 aromatic heterocycles. The van der Waals surface area contributed by atoms with Gasteiger partial charge in [0.25, 0.3) is 0 Å². The lowest BCUT2D eigenvalue weighted by molar-refractivity contribution is -0.141. The van der Waals surface area contributed by atoms with Crippen LogP contribution in [0.4, 0.5) is 4.79 Å². The Morgan fingerprint density at radius 3 is 2.26 bits per heavy atom. The Morgan fingerprint density at radius 1 is 1.03 bits per heavy atom. The molecule has 2 aromatic rings. The molecule has 2 aliphatic rings. The Bertz CT molecular complexity index is 1050. The molecule has 0 spiro atoms. The van der Waals surface area contributed by atoms with Crippen molar-refractivity contribution in [3.63, 3.8) is 0 Å². The van der Waals surface area contributed by atoms with Crippen molar-refractivity contribution >= 4 is 18.0 Å². The molecule has 2 atom stereocenters. The number of amides is 2. The summed E-state index contributed by atoms with van der Waals surface area (Å²) in [6.45, 7) is 4.57. The van der Waals surface area contributed by atoms with Crippen molar-refractivity contribution in [1.82, 2.24) is 10.6 Å². The van der Waals surface area contributed by atoms with Gasteiger partial charge in [-0.1, -0.05) is 62.4 Å². The van der Waals surface area contributed by atoms with Gasteiger partial charge in [-0.3, -0.25) is 9.59 Å². The number of ether oxygens (including phenoxy) is 2. The lowest BCUT2D eigenvalue weighted by Crippen LogP contribution is -2.42. The van der Waals surface area contributed by atoms with Gasteiger partial charge in [-0.2, -0.15) is 0 Å². The van der Waals surface area contributed by atoms with Crippen molar-refractivity contribution in [2.75, 3.05) is 26.3 Å². The van der Waals surface area contributed by atoms with E-state index in [0.29, 0.717) is 12.8 Å². The van der Waals surface area contributed by atoms with E-state index in [-0.39, 0.29) is 44.2 Å². The summed E-state index contributed by atoms with van der Waals surface area (Å²) < 4.78 is 11.0. The highest BCUT2D eigenvalue weighted by atomic mass is 16.5. The molecule has 8 nitrogen and oxygen atoms in total. The first-order valence-corrected chi connectivity index (χ1v) is 12.0. The number of rotatable bonds is 9. The van der Waals surface area contributed by atoms with Gasteiger partial charge in [0.05, 0.1) is 18.6 Å². The number of nitrogens with one attached hydrogen (secondary N) is 2. The van der Waals surface area contributed by atoms with Gasteiger partial charge in [0.1, 0.15) is 6.61 Å². The van der Waals surface area contributed by atoms with Gasteiger partial charge in [-0.15, -0.1) is 0 Å². The number of aliphatic carboxylic acids is 1. The van der Waals surface area contributed by atoms with Crippen LogP contribution in [-0.4, -0.2) is 55.5 Å². The third-order valence-corrected chi connectivity index (χ3v) is 6.90. The van der Waals surface area contributed by atoms with E-state index >= 15 is 0 Å². The fourth-order valence-electron chi connectivity index (χ4n) is 4.71. The van der Waals surface area contributed by atoms with Crippen LogP contribution in [0, 0.1) is 11.3 Å². The van der Waals surface area contributed by atoms with Gasteiger partial charge in [0.15, 0.2) is 0 Å². The molecule has 1 fully saturated rings. The van der Waals surface area contributed by atoms with E-state index in [1.165, 1.54) is 11.1 Å². The molecule has 0 unspecified atom stereocenters. The molecule has 0 saturated carbocycles. The minimum absolute atomic E-state index is 0.00565. The average molecular weight is 481 g/mol. The monoisotopic (exact) mass is 480 g/mol. The van der Waals surface area contributed by atoms with Crippen molar-refractivity contribution in [3.05, 3.63) is 59.7 Å². The molecule has 35 heavy (non-hydrogen) atoms. The molecule has 4 rings (SSSR count). The van der Waals surface area contributed by atoms with Crippen LogP contribution in [0.15, 0.2) is 48.5 Å². The Balaban J connectivity index is 1.21. The molecule has 1 saturated heterocycles. The SMILES string of the molecule is CC(C)(CCNC(=O)OCC1c2ccccc2-c2ccccc21)C(=O)NC[C@@H]1C[C@H](C(=O)O)CO1. The van der Waals surface area contributed by atoms with Crippen LogP contribution in [0.25, 0.3) is 11.1 Å². The third kappa shape index (κ3) is 5.65. The number of carboxylic acids is 1. The van der Waals surface area contributed by atoms with Crippen molar-refractivity contribution in [2.24, 2.45) is 11.3 Å². The maximum Gasteiger partial charge on any atom is 0.407 e. The molecule has 1 heterocycles. The summed E-state index contributed by atoms with van der Waals surface area (Å²) in [5, 5.41) is 14.6. The summed E-state index contributed by atoms with van der Waals surface area (Å²) in [6, 6.07) is 16.3. The number of alkyl carbamates (subject to hydrolysis) is 1. The highest BCUT2D eigenvalue weighted by molar-refractivity contribution is 5.82. The number of hydrogen-bond donors (Lipinski definition) is 3. The molecule has 8 heteroatoms. The topological polar surface area (TPSA) is 114 Å². The second-order valence-corrected chi connectivity index (χ2v) is 9.82. The fraction of sp³-hybridized carbons (Fsp3) is 0.444. The Hall–Kier alpha value is -3.39. The highest BCUT2D eigenvalue weighted by Gasteiger charge is 2.33. The Kier molecular flexibility index (Phi) is 7.40. The minimum Gasteiger partial charge on any atom is -0.481 e. The summed E-state index contributed by atoms with van der Waals surface area (Å²) in [4.78, 5) is 36.0. The van der Waals surface area contributed by atoms with Gasteiger partial charge in [0.2, 0.25) is 5.91 Å².